The van der Waals surface area contributed by atoms with Crippen molar-refractivity contribution in [3.05, 3.63) is 54.1 Å². The fourth-order valence-electron chi connectivity index (χ4n) is 2.37. The number of nitrogens with two attached hydrogens (primary N) is 1. The number of nitrogens with one attached hydrogen (secondary N) is 1. The normalized spacial score (nSPS) is 11.5. The summed E-state index contributed by atoms with van der Waals surface area (Å²) in [5.41, 5.74) is 8.71. The Balaban J connectivity index is 0.00000392. The lowest BCUT2D eigenvalue weighted by atomic mass is 10.1. The van der Waals surface area contributed by atoms with Gasteiger partial charge >= 0.3 is 6.36 Å². The van der Waals surface area contributed by atoms with Crippen molar-refractivity contribution < 1.29 is 17.9 Å². The predicted molar refractivity (Wildman–Crippen MR) is 118 cm³/mol. The second-order valence-corrected chi connectivity index (χ2v) is 6.13. The summed E-state index contributed by atoms with van der Waals surface area (Å²) in [6, 6.07) is 13.6. The number of hydrogen-bond donors (Lipinski definition) is 2. The summed E-state index contributed by atoms with van der Waals surface area (Å²) in [6.45, 7) is 0.545. The van der Waals surface area contributed by atoms with Gasteiger partial charge in [-0.3, -0.25) is 4.99 Å². The van der Waals surface area contributed by atoms with Crippen molar-refractivity contribution in [2.24, 2.45) is 10.7 Å². The molecule has 154 valence electrons. The first-order valence-corrected chi connectivity index (χ1v) is 8.42. The van der Waals surface area contributed by atoms with Crippen molar-refractivity contribution in [1.82, 2.24) is 0 Å². The summed E-state index contributed by atoms with van der Waals surface area (Å²) in [6.07, 6.45) is -2.99. The van der Waals surface area contributed by atoms with Crippen LogP contribution in [0.5, 0.6) is 5.75 Å². The minimum Gasteiger partial charge on any atom is -0.406 e. The van der Waals surface area contributed by atoms with Crippen molar-refractivity contribution in [2.45, 2.75) is 19.2 Å². The number of rotatable bonds is 7. The van der Waals surface area contributed by atoms with Crippen LogP contribution in [0.25, 0.3) is 0 Å². The van der Waals surface area contributed by atoms with Crippen LogP contribution in [0.1, 0.15) is 12.0 Å². The molecule has 2 rings (SSSR count). The van der Waals surface area contributed by atoms with Gasteiger partial charge in [-0.15, -0.1) is 37.1 Å². The van der Waals surface area contributed by atoms with Gasteiger partial charge in [0.1, 0.15) is 5.75 Å². The number of anilines is 2. The van der Waals surface area contributed by atoms with Gasteiger partial charge in [0.15, 0.2) is 5.96 Å². The van der Waals surface area contributed by atoms with Crippen LogP contribution in [-0.2, 0) is 6.42 Å². The van der Waals surface area contributed by atoms with Crippen molar-refractivity contribution in [3.8, 4) is 5.75 Å². The zero-order valence-corrected chi connectivity index (χ0v) is 18.0. The quantitative estimate of drug-likeness (QED) is 0.248. The molecule has 2 aromatic carbocycles. The molecule has 0 heterocycles. The third-order valence-electron chi connectivity index (χ3n) is 3.72. The average Bonchev–Trinajstić information content (AvgIpc) is 2.59. The SMILES string of the molecule is CN(C)c1ccc(CCCN=C(N)Nc2ccc(OC(F)(F)F)cc2)cc1.I. The second-order valence-electron chi connectivity index (χ2n) is 6.13. The Morgan fingerprint density at radius 1 is 1.07 bits per heavy atom. The molecule has 0 amide bonds. The van der Waals surface area contributed by atoms with E-state index in [4.69, 9.17) is 5.73 Å². The Kier molecular flexibility index (Phi) is 9.36. The molecule has 0 atom stereocenters. The van der Waals surface area contributed by atoms with E-state index in [1.807, 2.05) is 19.0 Å². The first kappa shape index (κ1) is 23.9. The molecule has 5 nitrogen and oxygen atoms in total. The number of aryl methyl sites for hydroxylation is 1. The van der Waals surface area contributed by atoms with E-state index in [-0.39, 0.29) is 35.7 Å². The van der Waals surface area contributed by atoms with E-state index in [9.17, 15) is 13.2 Å². The van der Waals surface area contributed by atoms with E-state index in [1.54, 1.807) is 0 Å². The van der Waals surface area contributed by atoms with Crippen LogP contribution in [0.15, 0.2) is 53.5 Å². The molecule has 0 aromatic heterocycles. The minimum absolute atomic E-state index is 0. The second kappa shape index (κ2) is 11.0. The third kappa shape index (κ3) is 8.68. The number of guanidine groups is 1. The number of benzene rings is 2. The van der Waals surface area contributed by atoms with Crippen molar-refractivity contribution in [1.29, 1.82) is 0 Å². The highest BCUT2D eigenvalue weighted by Gasteiger charge is 2.30. The van der Waals surface area contributed by atoms with Crippen LogP contribution in [0.3, 0.4) is 0 Å². The van der Waals surface area contributed by atoms with Crippen LogP contribution in [0.4, 0.5) is 24.5 Å². The topological polar surface area (TPSA) is 62.9 Å². The predicted octanol–water partition coefficient (Wildman–Crippen LogP) is 4.63. The molecule has 0 fully saturated rings. The van der Waals surface area contributed by atoms with Gasteiger partial charge in [0.05, 0.1) is 0 Å². The van der Waals surface area contributed by atoms with Gasteiger partial charge in [-0.2, -0.15) is 0 Å². The lowest BCUT2D eigenvalue weighted by Gasteiger charge is -2.12. The molecular weight excluding hydrogens is 484 g/mol. The molecule has 0 spiro atoms. The van der Waals surface area contributed by atoms with Gasteiger partial charge in [0.2, 0.25) is 0 Å². The Bertz CT molecular complexity index is 747. The number of alkyl halides is 3. The molecule has 0 aliphatic carbocycles. The summed E-state index contributed by atoms with van der Waals surface area (Å²) in [7, 11) is 3.99. The summed E-state index contributed by atoms with van der Waals surface area (Å²) in [5.74, 6) is -0.0775. The maximum atomic E-state index is 12.1. The number of hydrogen-bond acceptors (Lipinski definition) is 3. The maximum absolute atomic E-state index is 12.1. The zero-order chi connectivity index (χ0) is 19.9. The molecule has 9 heteroatoms. The minimum atomic E-state index is -4.71. The Hall–Kier alpha value is -2.17. The van der Waals surface area contributed by atoms with Crippen LogP contribution in [0.2, 0.25) is 0 Å². The highest BCUT2D eigenvalue weighted by Crippen LogP contribution is 2.23. The van der Waals surface area contributed by atoms with Crippen molar-refractivity contribution >= 4 is 41.3 Å². The van der Waals surface area contributed by atoms with E-state index in [1.165, 1.54) is 29.8 Å². The van der Waals surface area contributed by atoms with Gasteiger partial charge < -0.3 is 20.7 Å². The lowest BCUT2D eigenvalue weighted by Crippen LogP contribution is -2.23. The average molecular weight is 508 g/mol. The number of ether oxygens (including phenoxy) is 1. The third-order valence-corrected chi connectivity index (χ3v) is 3.72. The largest absolute Gasteiger partial charge is 0.573 e. The molecule has 0 saturated heterocycles. The first-order chi connectivity index (χ1) is 12.7. The highest BCUT2D eigenvalue weighted by molar-refractivity contribution is 14.0. The molecule has 3 N–H and O–H groups in total. The lowest BCUT2D eigenvalue weighted by molar-refractivity contribution is -0.274. The number of nitrogens with zero attached hydrogens (tertiary/aromatic N) is 2. The summed E-state index contributed by atoms with van der Waals surface area (Å²) < 4.78 is 40.2. The van der Waals surface area contributed by atoms with Crippen LogP contribution >= 0.6 is 24.0 Å². The standard InChI is InChI=1S/C19H23F3N4O.HI/c1-26(2)16-9-5-14(6-10-16)4-3-13-24-18(23)25-15-7-11-17(12-8-15)27-19(20,21)22;/h5-12H,3-4,13H2,1-2H3,(H3,23,24,25);1H. The Morgan fingerprint density at radius 3 is 2.21 bits per heavy atom. The Labute approximate surface area is 179 Å². The van der Waals surface area contributed by atoms with Gasteiger partial charge in [-0.25, -0.2) is 0 Å². The first-order valence-electron chi connectivity index (χ1n) is 8.42. The van der Waals surface area contributed by atoms with E-state index in [0.717, 1.165) is 18.5 Å². The molecule has 28 heavy (non-hydrogen) atoms. The molecule has 2 aromatic rings. The van der Waals surface area contributed by atoms with E-state index in [0.29, 0.717) is 12.2 Å². The Morgan fingerprint density at radius 2 is 1.68 bits per heavy atom. The van der Waals surface area contributed by atoms with Crippen LogP contribution < -0.4 is 20.7 Å². The van der Waals surface area contributed by atoms with Gasteiger partial charge in [-0.05, 0) is 54.8 Å². The molecule has 0 aliphatic rings. The number of aliphatic imine (C=N–C) groups is 1. The van der Waals surface area contributed by atoms with E-state index >= 15 is 0 Å². The van der Waals surface area contributed by atoms with Gasteiger partial charge in [0, 0.05) is 32.0 Å². The summed E-state index contributed by atoms with van der Waals surface area (Å²) in [4.78, 5) is 6.27. The van der Waals surface area contributed by atoms with Crippen molar-refractivity contribution in [3.63, 3.8) is 0 Å². The highest BCUT2D eigenvalue weighted by atomic mass is 127. The van der Waals surface area contributed by atoms with Crippen molar-refractivity contribution in [2.75, 3.05) is 30.9 Å². The fraction of sp³-hybridized carbons (Fsp3) is 0.316. The fourth-order valence-corrected chi connectivity index (χ4v) is 2.37. The monoisotopic (exact) mass is 508 g/mol. The van der Waals surface area contributed by atoms with Gasteiger partial charge in [0.25, 0.3) is 0 Å². The molecular formula is C19H24F3IN4O. The van der Waals surface area contributed by atoms with E-state index in [2.05, 4.69) is 39.3 Å². The van der Waals surface area contributed by atoms with Crippen LogP contribution in [0, 0.1) is 0 Å². The molecule has 0 unspecified atom stereocenters. The smallest absolute Gasteiger partial charge is 0.406 e. The van der Waals surface area contributed by atoms with E-state index < -0.39 is 6.36 Å². The molecule has 0 aliphatic heterocycles. The summed E-state index contributed by atoms with van der Waals surface area (Å²) in [5, 5.41) is 2.84. The number of halogens is 4. The van der Waals surface area contributed by atoms with Gasteiger partial charge in [-0.1, -0.05) is 12.1 Å². The zero-order valence-electron chi connectivity index (χ0n) is 15.7. The molecule has 0 saturated carbocycles. The van der Waals surface area contributed by atoms with Crippen LogP contribution in [-0.4, -0.2) is 33.0 Å². The summed E-state index contributed by atoms with van der Waals surface area (Å²) >= 11 is 0. The maximum Gasteiger partial charge on any atom is 0.573 e. The molecule has 0 radical (unpaired) electrons. The molecule has 0 bridgehead atoms.